The molecule has 1 aromatic carbocycles. The fourth-order valence-electron chi connectivity index (χ4n) is 2.68. The van der Waals surface area contributed by atoms with Crippen molar-refractivity contribution >= 4 is 5.69 Å². The van der Waals surface area contributed by atoms with Crippen molar-refractivity contribution in [3.63, 3.8) is 0 Å². The Kier molecular flexibility index (Phi) is 4.19. The predicted molar refractivity (Wildman–Crippen MR) is 72.8 cm³/mol. The summed E-state index contributed by atoms with van der Waals surface area (Å²) in [6.45, 7) is 4.09. The molecule has 2 N–H and O–H groups in total. The van der Waals surface area contributed by atoms with E-state index in [0.717, 1.165) is 24.6 Å². The molecule has 3 nitrogen and oxygen atoms in total. The summed E-state index contributed by atoms with van der Waals surface area (Å²) in [6.07, 6.45) is 1.25. The zero-order chi connectivity index (χ0) is 13.1. The molecule has 100 valence electrons. The number of nitrogen functional groups attached to an aromatic ring is 1. The van der Waals surface area contributed by atoms with Gasteiger partial charge in [-0.15, -0.1) is 0 Å². The molecule has 1 heterocycles. The van der Waals surface area contributed by atoms with Crippen LogP contribution in [0.4, 0.5) is 10.1 Å². The Bertz CT molecular complexity index is 408. The Labute approximate surface area is 108 Å². The maximum atomic E-state index is 13.2. The van der Waals surface area contributed by atoms with Gasteiger partial charge >= 0.3 is 0 Å². The van der Waals surface area contributed by atoms with E-state index in [9.17, 15) is 4.39 Å². The topological polar surface area (TPSA) is 32.5 Å². The van der Waals surface area contributed by atoms with Crippen LogP contribution < -0.4 is 5.73 Å². The van der Waals surface area contributed by atoms with Gasteiger partial charge in [-0.3, -0.25) is 0 Å². The Balaban J connectivity index is 1.90. The zero-order valence-corrected chi connectivity index (χ0v) is 11.2. The first kappa shape index (κ1) is 13.3. The quantitative estimate of drug-likeness (QED) is 0.828. The van der Waals surface area contributed by atoms with Gasteiger partial charge in [0.1, 0.15) is 5.82 Å². The molecule has 1 aliphatic heterocycles. The lowest BCUT2D eigenvalue weighted by Gasteiger charge is -2.21. The van der Waals surface area contributed by atoms with Gasteiger partial charge in [-0.1, -0.05) is 0 Å². The standard InChI is InChI=1S/C14H22FN3/c1-17-6-5-11(8-17)9-18(2)10-12-7-13(15)3-4-14(12)16/h3-4,7,11H,5-6,8-10,16H2,1-2H3. The minimum atomic E-state index is -0.215. The molecule has 2 rings (SSSR count). The van der Waals surface area contributed by atoms with Crippen molar-refractivity contribution in [1.29, 1.82) is 0 Å². The first-order valence-electron chi connectivity index (χ1n) is 6.45. The Morgan fingerprint density at radius 1 is 1.50 bits per heavy atom. The van der Waals surface area contributed by atoms with Crippen LogP contribution in [0.3, 0.4) is 0 Å². The largest absolute Gasteiger partial charge is 0.398 e. The van der Waals surface area contributed by atoms with Gasteiger partial charge in [0.2, 0.25) is 0 Å². The van der Waals surface area contributed by atoms with Crippen LogP contribution in [0.2, 0.25) is 0 Å². The van der Waals surface area contributed by atoms with E-state index in [1.165, 1.54) is 25.1 Å². The van der Waals surface area contributed by atoms with Crippen LogP contribution in [-0.2, 0) is 6.54 Å². The van der Waals surface area contributed by atoms with Gasteiger partial charge in [0.15, 0.2) is 0 Å². The van der Waals surface area contributed by atoms with Crippen molar-refractivity contribution in [2.45, 2.75) is 13.0 Å². The number of hydrogen-bond acceptors (Lipinski definition) is 3. The summed E-state index contributed by atoms with van der Waals surface area (Å²) < 4.78 is 13.2. The van der Waals surface area contributed by atoms with Gasteiger partial charge in [-0.2, -0.15) is 0 Å². The third-order valence-corrected chi connectivity index (χ3v) is 3.60. The van der Waals surface area contributed by atoms with Crippen LogP contribution in [0.25, 0.3) is 0 Å². The number of nitrogens with two attached hydrogens (primary N) is 1. The molecule has 0 radical (unpaired) electrons. The highest BCUT2D eigenvalue weighted by molar-refractivity contribution is 5.46. The molecule has 0 aromatic heterocycles. The molecule has 0 saturated carbocycles. The third-order valence-electron chi connectivity index (χ3n) is 3.60. The van der Waals surface area contributed by atoms with Gasteiger partial charge in [0, 0.05) is 25.3 Å². The molecule has 0 spiro atoms. The number of hydrogen-bond donors (Lipinski definition) is 1. The first-order chi connectivity index (χ1) is 8.54. The molecule has 0 bridgehead atoms. The van der Waals surface area contributed by atoms with Gasteiger partial charge < -0.3 is 15.5 Å². The minimum Gasteiger partial charge on any atom is -0.398 e. The van der Waals surface area contributed by atoms with E-state index in [2.05, 4.69) is 23.9 Å². The highest BCUT2D eigenvalue weighted by atomic mass is 19.1. The van der Waals surface area contributed by atoms with Crippen LogP contribution in [0.5, 0.6) is 0 Å². The number of anilines is 1. The zero-order valence-electron chi connectivity index (χ0n) is 11.2. The molecule has 1 fully saturated rings. The number of rotatable bonds is 4. The molecule has 1 atom stereocenters. The Morgan fingerprint density at radius 3 is 2.94 bits per heavy atom. The number of halogens is 1. The minimum absolute atomic E-state index is 0.215. The van der Waals surface area contributed by atoms with E-state index in [0.29, 0.717) is 12.2 Å². The average molecular weight is 251 g/mol. The van der Waals surface area contributed by atoms with E-state index in [1.807, 2.05) is 0 Å². The molecule has 1 aliphatic rings. The fourth-order valence-corrected chi connectivity index (χ4v) is 2.68. The molecule has 1 unspecified atom stereocenters. The average Bonchev–Trinajstić information content (AvgIpc) is 2.69. The Hall–Kier alpha value is -1.13. The van der Waals surface area contributed by atoms with Gasteiger partial charge in [0.25, 0.3) is 0 Å². The van der Waals surface area contributed by atoms with Gasteiger partial charge in [0.05, 0.1) is 0 Å². The summed E-state index contributed by atoms with van der Waals surface area (Å²) in [7, 11) is 4.23. The molecule has 1 saturated heterocycles. The van der Waals surface area contributed by atoms with E-state index >= 15 is 0 Å². The van der Waals surface area contributed by atoms with Crippen molar-refractivity contribution in [3.05, 3.63) is 29.6 Å². The summed E-state index contributed by atoms with van der Waals surface area (Å²) in [6, 6.07) is 4.58. The highest BCUT2D eigenvalue weighted by Gasteiger charge is 2.20. The van der Waals surface area contributed by atoms with E-state index < -0.39 is 0 Å². The summed E-state index contributed by atoms with van der Waals surface area (Å²) in [4.78, 5) is 4.59. The van der Waals surface area contributed by atoms with Gasteiger partial charge in [-0.05, 0) is 56.7 Å². The Morgan fingerprint density at radius 2 is 2.28 bits per heavy atom. The lowest BCUT2D eigenvalue weighted by Crippen LogP contribution is -2.27. The van der Waals surface area contributed by atoms with Crippen molar-refractivity contribution in [1.82, 2.24) is 9.80 Å². The molecule has 0 amide bonds. The normalized spacial score (nSPS) is 20.8. The van der Waals surface area contributed by atoms with Crippen LogP contribution in [0.1, 0.15) is 12.0 Å². The first-order valence-corrected chi connectivity index (χ1v) is 6.45. The molecule has 4 heteroatoms. The number of nitrogens with zero attached hydrogens (tertiary/aromatic N) is 2. The second-order valence-corrected chi connectivity index (χ2v) is 5.46. The summed E-state index contributed by atoms with van der Waals surface area (Å²) in [5, 5.41) is 0. The van der Waals surface area contributed by atoms with E-state index in [-0.39, 0.29) is 5.82 Å². The lowest BCUT2D eigenvalue weighted by atomic mass is 10.1. The van der Waals surface area contributed by atoms with Gasteiger partial charge in [-0.25, -0.2) is 4.39 Å². The summed E-state index contributed by atoms with van der Waals surface area (Å²) in [5.41, 5.74) is 7.42. The van der Waals surface area contributed by atoms with Crippen molar-refractivity contribution < 1.29 is 4.39 Å². The third kappa shape index (κ3) is 3.43. The molecule has 0 aliphatic carbocycles. The second-order valence-electron chi connectivity index (χ2n) is 5.46. The second kappa shape index (κ2) is 5.67. The molecule has 1 aromatic rings. The number of likely N-dealkylation sites (tertiary alicyclic amines) is 1. The van der Waals surface area contributed by atoms with Crippen LogP contribution in [0.15, 0.2) is 18.2 Å². The molecular weight excluding hydrogens is 229 g/mol. The molecular formula is C14H22FN3. The summed E-state index contributed by atoms with van der Waals surface area (Å²) in [5.74, 6) is 0.503. The van der Waals surface area contributed by atoms with E-state index in [4.69, 9.17) is 5.73 Å². The van der Waals surface area contributed by atoms with Crippen molar-refractivity contribution in [2.24, 2.45) is 5.92 Å². The highest BCUT2D eigenvalue weighted by Crippen LogP contribution is 2.19. The summed E-state index contributed by atoms with van der Waals surface area (Å²) >= 11 is 0. The van der Waals surface area contributed by atoms with E-state index in [1.54, 1.807) is 6.07 Å². The predicted octanol–water partition coefficient (Wildman–Crippen LogP) is 1.79. The van der Waals surface area contributed by atoms with Crippen molar-refractivity contribution in [2.75, 3.05) is 39.5 Å². The van der Waals surface area contributed by atoms with Crippen LogP contribution in [-0.4, -0.2) is 43.5 Å². The number of benzene rings is 1. The van der Waals surface area contributed by atoms with Crippen LogP contribution >= 0.6 is 0 Å². The lowest BCUT2D eigenvalue weighted by molar-refractivity contribution is 0.267. The monoisotopic (exact) mass is 251 g/mol. The van der Waals surface area contributed by atoms with Crippen molar-refractivity contribution in [3.8, 4) is 0 Å². The smallest absolute Gasteiger partial charge is 0.123 e. The molecule has 18 heavy (non-hydrogen) atoms. The van der Waals surface area contributed by atoms with Crippen LogP contribution in [0, 0.1) is 11.7 Å². The maximum Gasteiger partial charge on any atom is 0.123 e. The SMILES string of the molecule is CN1CCC(CN(C)Cc2cc(F)ccc2N)C1. The fraction of sp³-hybridized carbons (Fsp3) is 0.571. The maximum absolute atomic E-state index is 13.2.